The van der Waals surface area contributed by atoms with Crippen molar-refractivity contribution in [3.8, 4) is 10.6 Å². The van der Waals surface area contributed by atoms with Crippen molar-refractivity contribution in [2.24, 2.45) is 11.7 Å². The molecule has 1 aromatic carbocycles. The number of piperidine rings is 1. The zero-order valence-corrected chi connectivity index (χ0v) is 20.2. The number of ketones is 1. The SMILES string of the molecule is C[C@H]1CN(c2ccncc2CC(=O)c2nc(-c3c(F)cccc3F)sc2N)C[C@@H](N)[C@H]1n1ccnn1. The first-order chi connectivity index (χ1) is 17.3. The number of halogens is 2. The van der Waals surface area contributed by atoms with E-state index in [1.165, 1.54) is 6.07 Å². The molecule has 1 fully saturated rings. The van der Waals surface area contributed by atoms with Gasteiger partial charge in [0.2, 0.25) is 0 Å². The number of aromatic nitrogens is 5. The molecule has 4 N–H and O–H groups in total. The van der Waals surface area contributed by atoms with Crippen LogP contribution >= 0.6 is 11.3 Å². The van der Waals surface area contributed by atoms with Crippen LogP contribution in [0.3, 0.4) is 0 Å². The molecule has 3 atom stereocenters. The van der Waals surface area contributed by atoms with Gasteiger partial charge in [-0.1, -0.05) is 29.5 Å². The standard InChI is InChI=1S/C24H24F2N8OS/c1-13-11-33(12-17(27)22(13)34-8-7-30-32-34)18-5-6-29-10-14(18)9-19(35)21-23(28)36-24(31-21)20-15(25)3-2-4-16(20)26/h2-8,10,13,17,22H,9,11-12,27-28H2,1H3/t13-,17+,22-/m0/s1. The summed E-state index contributed by atoms with van der Waals surface area (Å²) in [5.74, 6) is -1.73. The fraction of sp³-hybridized carbons (Fsp3) is 0.292. The van der Waals surface area contributed by atoms with Crippen molar-refractivity contribution in [2.75, 3.05) is 23.7 Å². The van der Waals surface area contributed by atoms with Crippen LogP contribution in [0.4, 0.5) is 19.5 Å². The molecule has 9 nitrogen and oxygen atoms in total. The minimum atomic E-state index is -0.767. The lowest BCUT2D eigenvalue weighted by atomic mass is 9.89. The van der Waals surface area contributed by atoms with Crippen LogP contribution in [0.1, 0.15) is 29.0 Å². The van der Waals surface area contributed by atoms with Crippen LogP contribution in [-0.4, -0.2) is 49.9 Å². The number of pyridine rings is 1. The van der Waals surface area contributed by atoms with E-state index in [1.54, 1.807) is 23.3 Å². The number of carbonyl (C=O) groups excluding carboxylic acids is 1. The number of hydrogen-bond acceptors (Lipinski definition) is 9. The summed E-state index contributed by atoms with van der Waals surface area (Å²) in [5, 5.41) is 8.14. The van der Waals surface area contributed by atoms with Gasteiger partial charge in [-0.05, 0) is 24.1 Å². The van der Waals surface area contributed by atoms with Gasteiger partial charge in [-0.25, -0.2) is 18.4 Å². The molecule has 12 heteroatoms. The van der Waals surface area contributed by atoms with Gasteiger partial charge >= 0.3 is 0 Å². The first-order valence-electron chi connectivity index (χ1n) is 11.4. The lowest BCUT2D eigenvalue weighted by Crippen LogP contribution is -2.53. The van der Waals surface area contributed by atoms with Crippen molar-refractivity contribution in [1.29, 1.82) is 0 Å². The largest absolute Gasteiger partial charge is 0.389 e. The highest BCUT2D eigenvalue weighted by molar-refractivity contribution is 7.19. The summed E-state index contributed by atoms with van der Waals surface area (Å²) >= 11 is 0.876. The molecular formula is C24H24F2N8OS. The van der Waals surface area contributed by atoms with Gasteiger partial charge in [0.15, 0.2) is 5.78 Å². The van der Waals surface area contributed by atoms with Crippen LogP contribution in [0.25, 0.3) is 10.6 Å². The highest BCUT2D eigenvalue weighted by Crippen LogP contribution is 2.35. The molecule has 0 aliphatic carbocycles. The van der Waals surface area contributed by atoms with Gasteiger partial charge in [-0.15, -0.1) is 5.10 Å². The summed E-state index contributed by atoms with van der Waals surface area (Å²) in [6.45, 7) is 3.35. The number of nitrogens with two attached hydrogens (primary N) is 2. The highest BCUT2D eigenvalue weighted by atomic mass is 32.1. The van der Waals surface area contributed by atoms with E-state index in [0.29, 0.717) is 18.7 Å². The molecule has 0 spiro atoms. The predicted octanol–water partition coefficient (Wildman–Crippen LogP) is 3.11. The van der Waals surface area contributed by atoms with E-state index in [4.69, 9.17) is 11.5 Å². The normalized spacial score (nSPS) is 20.0. The number of rotatable bonds is 6. The molecule has 5 rings (SSSR count). The summed E-state index contributed by atoms with van der Waals surface area (Å²) < 4.78 is 30.3. The quantitative estimate of drug-likeness (QED) is 0.379. The number of thiazole rings is 1. The van der Waals surface area contributed by atoms with Crippen molar-refractivity contribution in [2.45, 2.75) is 25.4 Å². The number of anilines is 2. The molecule has 4 aromatic rings. The van der Waals surface area contributed by atoms with E-state index >= 15 is 0 Å². The Morgan fingerprint density at radius 3 is 2.67 bits per heavy atom. The Kier molecular flexibility index (Phi) is 6.46. The van der Waals surface area contributed by atoms with Gasteiger partial charge in [0.1, 0.15) is 27.3 Å². The Balaban J connectivity index is 1.38. The number of Topliss-reactive ketones (excluding diaryl/α,β-unsaturated/α-hetero) is 1. The first kappa shape index (κ1) is 23.9. The van der Waals surface area contributed by atoms with Gasteiger partial charge in [0, 0.05) is 55.4 Å². The van der Waals surface area contributed by atoms with Crippen LogP contribution in [0.15, 0.2) is 49.1 Å². The van der Waals surface area contributed by atoms with Gasteiger partial charge in [0.25, 0.3) is 0 Å². The van der Waals surface area contributed by atoms with Gasteiger partial charge in [0.05, 0.1) is 17.8 Å². The Bertz CT molecular complexity index is 1360. The molecule has 186 valence electrons. The van der Waals surface area contributed by atoms with E-state index in [9.17, 15) is 13.6 Å². The molecule has 0 unspecified atom stereocenters. The maximum Gasteiger partial charge on any atom is 0.188 e. The third-order valence-electron chi connectivity index (χ3n) is 6.37. The summed E-state index contributed by atoms with van der Waals surface area (Å²) in [5.41, 5.74) is 13.8. The predicted molar refractivity (Wildman–Crippen MR) is 133 cm³/mol. The van der Waals surface area contributed by atoms with Crippen molar-refractivity contribution >= 4 is 27.8 Å². The smallest absolute Gasteiger partial charge is 0.188 e. The minimum absolute atomic E-state index is 0.00247. The average molecular weight is 511 g/mol. The molecule has 36 heavy (non-hydrogen) atoms. The summed E-state index contributed by atoms with van der Waals surface area (Å²) in [4.78, 5) is 23.7. The van der Waals surface area contributed by atoms with Crippen molar-refractivity contribution in [3.05, 3.63) is 71.9 Å². The second-order valence-corrected chi connectivity index (χ2v) is 9.88. The summed E-state index contributed by atoms with van der Waals surface area (Å²) in [6.07, 6.45) is 6.72. The first-order valence-corrected chi connectivity index (χ1v) is 12.2. The summed E-state index contributed by atoms with van der Waals surface area (Å²) in [6, 6.07) is 5.18. The molecular weight excluding hydrogens is 486 g/mol. The van der Waals surface area contributed by atoms with Crippen molar-refractivity contribution in [3.63, 3.8) is 0 Å². The lowest BCUT2D eigenvalue weighted by Gasteiger charge is -2.42. The van der Waals surface area contributed by atoms with E-state index in [1.807, 2.05) is 12.3 Å². The maximum absolute atomic E-state index is 14.2. The Morgan fingerprint density at radius 1 is 1.19 bits per heavy atom. The second-order valence-electron chi connectivity index (χ2n) is 8.85. The molecule has 3 aromatic heterocycles. The molecule has 1 saturated heterocycles. The fourth-order valence-corrected chi connectivity index (χ4v) is 5.71. The van der Waals surface area contributed by atoms with Crippen LogP contribution in [0, 0.1) is 17.6 Å². The fourth-order valence-electron chi connectivity index (χ4n) is 4.81. The third kappa shape index (κ3) is 4.44. The molecule has 1 aliphatic rings. The van der Waals surface area contributed by atoms with Gasteiger partial charge in [-0.3, -0.25) is 9.78 Å². The molecule has 0 radical (unpaired) electrons. The van der Waals surface area contributed by atoms with E-state index in [-0.39, 0.29) is 51.5 Å². The minimum Gasteiger partial charge on any atom is -0.389 e. The molecule has 0 bridgehead atoms. The van der Waals surface area contributed by atoms with Gasteiger partial charge in [-0.2, -0.15) is 0 Å². The number of hydrogen-bond donors (Lipinski definition) is 2. The second kappa shape index (κ2) is 9.70. The van der Waals surface area contributed by atoms with Crippen LogP contribution in [-0.2, 0) is 6.42 Å². The number of carbonyl (C=O) groups is 1. The topological polar surface area (TPSA) is 129 Å². The van der Waals surface area contributed by atoms with Crippen molar-refractivity contribution in [1.82, 2.24) is 25.0 Å². The monoisotopic (exact) mass is 510 g/mol. The number of nitrogens with zero attached hydrogens (tertiary/aromatic N) is 6. The zero-order valence-electron chi connectivity index (χ0n) is 19.4. The third-order valence-corrected chi connectivity index (χ3v) is 7.27. The highest BCUT2D eigenvalue weighted by Gasteiger charge is 2.35. The van der Waals surface area contributed by atoms with Crippen LogP contribution in [0.2, 0.25) is 0 Å². The Hall–Kier alpha value is -3.77. The van der Waals surface area contributed by atoms with E-state index in [0.717, 1.165) is 29.2 Å². The Morgan fingerprint density at radius 2 is 1.97 bits per heavy atom. The number of benzene rings is 1. The van der Waals surface area contributed by atoms with Crippen LogP contribution in [0.5, 0.6) is 0 Å². The summed E-state index contributed by atoms with van der Waals surface area (Å²) in [7, 11) is 0. The molecule has 1 aliphatic heterocycles. The maximum atomic E-state index is 14.2. The van der Waals surface area contributed by atoms with Crippen molar-refractivity contribution < 1.29 is 13.6 Å². The van der Waals surface area contributed by atoms with E-state index in [2.05, 4.69) is 32.1 Å². The molecule has 0 amide bonds. The molecule has 4 heterocycles. The molecule has 0 saturated carbocycles. The Labute approximate surface area is 209 Å². The zero-order chi connectivity index (χ0) is 25.4. The lowest BCUT2D eigenvalue weighted by molar-refractivity contribution is 0.0989. The van der Waals surface area contributed by atoms with Crippen LogP contribution < -0.4 is 16.4 Å². The number of nitrogen functional groups attached to an aromatic ring is 1. The van der Waals surface area contributed by atoms with Gasteiger partial charge < -0.3 is 16.4 Å². The average Bonchev–Trinajstić information content (AvgIpc) is 3.49. The van der Waals surface area contributed by atoms with E-state index < -0.39 is 11.6 Å².